The van der Waals surface area contributed by atoms with Gasteiger partial charge in [0.25, 0.3) is 0 Å². The quantitative estimate of drug-likeness (QED) is 0.528. The number of aryl methyl sites for hydroxylation is 2. The highest BCUT2D eigenvalue weighted by Gasteiger charge is 2.11. The van der Waals surface area contributed by atoms with E-state index in [0.29, 0.717) is 27.7 Å². The molecule has 0 aliphatic heterocycles. The van der Waals surface area contributed by atoms with Gasteiger partial charge in [-0.15, -0.1) is 0 Å². The first-order chi connectivity index (χ1) is 12.6. The van der Waals surface area contributed by atoms with Crippen LogP contribution >= 0.6 is 0 Å². The fourth-order valence-electron chi connectivity index (χ4n) is 2.27. The van der Waals surface area contributed by atoms with Gasteiger partial charge >= 0.3 is 0 Å². The number of nitrogens with zero attached hydrogens (tertiary/aromatic N) is 3. The Morgan fingerprint density at radius 2 is 2.00 bits per heavy atom. The molecule has 4 aromatic heterocycles. The summed E-state index contributed by atoms with van der Waals surface area (Å²) in [5.41, 5.74) is 1.73. The van der Waals surface area contributed by atoms with Crippen LogP contribution in [0.15, 0.2) is 47.1 Å². The van der Waals surface area contributed by atoms with E-state index in [1.54, 1.807) is 12.1 Å². The molecule has 21 heavy (non-hydrogen) atoms. The summed E-state index contributed by atoms with van der Waals surface area (Å²) in [6.45, 7) is -4.56. The molecular weight excluding hydrogens is 262 g/mol. The molecule has 0 aliphatic carbocycles. The second-order valence-electron chi connectivity index (χ2n) is 4.66. The number of pyridine rings is 3. The maximum atomic E-state index is 7.54. The first-order valence-electron chi connectivity index (χ1n) is 9.30. The summed E-state index contributed by atoms with van der Waals surface area (Å²) in [7, 11) is 0. The first kappa shape index (κ1) is 7.31. The lowest BCUT2D eigenvalue weighted by molar-refractivity contribution is 0.639. The van der Waals surface area contributed by atoms with E-state index in [9.17, 15) is 0 Å². The minimum absolute atomic E-state index is 0.0543. The summed E-state index contributed by atoms with van der Waals surface area (Å²) in [4.78, 5) is 12.6. The maximum Gasteiger partial charge on any atom is 0.229 e. The maximum absolute atomic E-state index is 7.54. The molecule has 4 nitrogen and oxygen atoms in total. The molecule has 4 heteroatoms. The second kappa shape index (κ2) is 4.38. The topological polar surface area (TPSA) is 51.8 Å². The summed E-state index contributed by atoms with van der Waals surface area (Å²) in [6, 6.07) is 7.80. The Bertz CT molecular complexity index is 1160. The predicted octanol–water partition coefficient (Wildman–Crippen LogP) is 4.05. The number of furan rings is 1. The third-order valence-corrected chi connectivity index (χ3v) is 3.25. The number of hydrogen-bond acceptors (Lipinski definition) is 4. The molecule has 102 valence electrons. The van der Waals surface area contributed by atoms with Gasteiger partial charge in [0.15, 0.2) is 0 Å². The minimum Gasteiger partial charge on any atom is -0.419 e. The Kier molecular flexibility index (Phi) is 1.53. The Labute approximate surface area is 129 Å². The molecular formula is C17H13N3O. The Morgan fingerprint density at radius 1 is 1.00 bits per heavy atom. The van der Waals surface area contributed by atoms with E-state index in [-0.39, 0.29) is 17.0 Å². The summed E-state index contributed by atoms with van der Waals surface area (Å²) >= 11 is 0. The van der Waals surface area contributed by atoms with Gasteiger partial charge in [-0.1, -0.05) is 0 Å². The highest BCUT2D eigenvalue weighted by molar-refractivity contribution is 6.03. The predicted molar refractivity (Wildman–Crippen MR) is 82.0 cm³/mol. The average Bonchev–Trinajstić information content (AvgIpc) is 2.97. The molecule has 0 atom stereocenters. The van der Waals surface area contributed by atoms with Crippen LogP contribution in [0.25, 0.3) is 33.5 Å². The van der Waals surface area contributed by atoms with E-state index in [4.69, 9.17) is 12.6 Å². The van der Waals surface area contributed by atoms with Crippen molar-refractivity contribution in [2.24, 2.45) is 0 Å². The van der Waals surface area contributed by atoms with Crippen molar-refractivity contribution in [3.8, 4) is 11.3 Å². The fourth-order valence-corrected chi connectivity index (χ4v) is 2.27. The van der Waals surface area contributed by atoms with E-state index >= 15 is 0 Å². The fraction of sp³-hybridized carbons (Fsp3) is 0.118. The standard InChI is InChI=1S/C17H13N3O/c1-10-5-6-18-15(7-10)12-8-14-13-4-3-11(2)20-17(13)21-16(14)19-9-12/h3-9H,1-2H3/i1D3,2D3. The third-order valence-electron chi connectivity index (χ3n) is 3.25. The lowest BCUT2D eigenvalue weighted by Gasteiger charge is -2.01. The molecule has 0 amide bonds. The largest absolute Gasteiger partial charge is 0.419 e. The summed E-state index contributed by atoms with van der Waals surface area (Å²) in [5, 5.41) is 1.27. The van der Waals surface area contributed by atoms with Gasteiger partial charge in [-0.05, 0) is 49.6 Å². The minimum atomic E-state index is -2.33. The van der Waals surface area contributed by atoms with Crippen LogP contribution in [-0.2, 0) is 0 Å². The van der Waals surface area contributed by atoms with E-state index < -0.39 is 13.7 Å². The van der Waals surface area contributed by atoms with Gasteiger partial charge in [-0.2, -0.15) is 0 Å². The lowest BCUT2D eigenvalue weighted by atomic mass is 10.1. The average molecular weight is 281 g/mol. The van der Waals surface area contributed by atoms with E-state index in [0.717, 1.165) is 0 Å². The van der Waals surface area contributed by atoms with Crippen molar-refractivity contribution in [1.82, 2.24) is 15.0 Å². The Balaban J connectivity index is 1.86. The SMILES string of the molecule is [2H]C([2H])([2H])c1ccnc(-c2cnc3oc4nc(C([2H])([2H])[2H])ccc4c3c2)c1. The highest BCUT2D eigenvalue weighted by atomic mass is 16.3. The molecule has 4 aromatic rings. The molecule has 4 rings (SSSR count). The van der Waals surface area contributed by atoms with Crippen molar-refractivity contribution in [2.45, 2.75) is 13.7 Å². The monoisotopic (exact) mass is 281 g/mol. The van der Waals surface area contributed by atoms with Crippen molar-refractivity contribution in [3.05, 3.63) is 54.0 Å². The molecule has 4 heterocycles. The molecule has 0 bridgehead atoms. The molecule has 0 aliphatic rings. The molecule has 0 N–H and O–H groups in total. The Hall–Kier alpha value is -2.75. The Morgan fingerprint density at radius 3 is 2.90 bits per heavy atom. The normalized spacial score (nSPS) is 16.8. The first-order valence-corrected chi connectivity index (χ1v) is 6.30. The molecule has 0 fully saturated rings. The van der Waals surface area contributed by atoms with Crippen LogP contribution in [-0.4, -0.2) is 15.0 Å². The van der Waals surface area contributed by atoms with E-state index in [2.05, 4.69) is 15.0 Å². The smallest absolute Gasteiger partial charge is 0.229 e. The van der Waals surface area contributed by atoms with E-state index in [1.165, 1.54) is 30.6 Å². The van der Waals surface area contributed by atoms with Crippen LogP contribution in [0.4, 0.5) is 0 Å². The van der Waals surface area contributed by atoms with Gasteiger partial charge < -0.3 is 4.42 Å². The van der Waals surface area contributed by atoms with Crippen LogP contribution in [0.2, 0.25) is 0 Å². The van der Waals surface area contributed by atoms with Gasteiger partial charge in [0.05, 0.1) is 11.1 Å². The zero-order valence-electron chi connectivity index (χ0n) is 16.8. The van der Waals surface area contributed by atoms with Crippen LogP contribution in [0, 0.1) is 13.7 Å². The number of rotatable bonds is 1. The third kappa shape index (κ3) is 1.96. The number of fused-ring (bicyclic) bond motifs is 3. The van der Waals surface area contributed by atoms with E-state index in [1.807, 2.05) is 0 Å². The van der Waals surface area contributed by atoms with Gasteiger partial charge in [0, 0.05) is 37.3 Å². The number of aromatic nitrogens is 3. The lowest BCUT2D eigenvalue weighted by Crippen LogP contribution is -1.85. The summed E-state index contributed by atoms with van der Waals surface area (Å²) in [6.07, 6.45) is 2.97. The second-order valence-corrected chi connectivity index (χ2v) is 4.66. The van der Waals surface area contributed by atoms with Crippen molar-refractivity contribution < 1.29 is 12.6 Å². The van der Waals surface area contributed by atoms with Gasteiger partial charge in [0.1, 0.15) is 0 Å². The number of hydrogen-bond donors (Lipinski definition) is 0. The van der Waals surface area contributed by atoms with Crippen LogP contribution < -0.4 is 0 Å². The molecule has 0 unspecified atom stereocenters. The summed E-state index contributed by atoms with van der Waals surface area (Å²) < 4.78 is 50.6. The van der Waals surface area contributed by atoms with Crippen molar-refractivity contribution >= 4 is 22.2 Å². The van der Waals surface area contributed by atoms with Gasteiger partial charge in [0.2, 0.25) is 11.4 Å². The highest BCUT2D eigenvalue weighted by Crippen LogP contribution is 2.29. The van der Waals surface area contributed by atoms with Crippen molar-refractivity contribution in [3.63, 3.8) is 0 Å². The molecule has 0 aromatic carbocycles. The van der Waals surface area contributed by atoms with Crippen LogP contribution in [0.1, 0.15) is 19.5 Å². The van der Waals surface area contributed by atoms with Crippen molar-refractivity contribution in [2.75, 3.05) is 0 Å². The molecule has 0 radical (unpaired) electrons. The van der Waals surface area contributed by atoms with Crippen LogP contribution in [0.5, 0.6) is 0 Å². The van der Waals surface area contributed by atoms with Gasteiger partial charge in [-0.3, -0.25) is 4.98 Å². The molecule has 0 saturated heterocycles. The van der Waals surface area contributed by atoms with Crippen molar-refractivity contribution in [1.29, 1.82) is 0 Å². The zero-order valence-corrected chi connectivity index (χ0v) is 10.8. The molecule has 0 spiro atoms. The molecule has 0 saturated carbocycles. The van der Waals surface area contributed by atoms with Crippen LogP contribution in [0.3, 0.4) is 0 Å². The zero-order chi connectivity index (χ0) is 19.4. The van der Waals surface area contributed by atoms with Gasteiger partial charge in [-0.25, -0.2) is 9.97 Å². The summed E-state index contributed by atoms with van der Waals surface area (Å²) in [5.74, 6) is 0.